The van der Waals surface area contributed by atoms with Gasteiger partial charge in [0.25, 0.3) is 5.56 Å². The second kappa shape index (κ2) is 4.30. The molecule has 0 aliphatic carbocycles. The zero-order valence-electron chi connectivity index (χ0n) is 10.5. The second-order valence-electron chi connectivity index (χ2n) is 4.25. The second-order valence-corrected chi connectivity index (χ2v) is 4.25. The van der Waals surface area contributed by atoms with Crippen molar-refractivity contribution in [1.29, 1.82) is 0 Å². The summed E-state index contributed by atoms with van der Waals surface area (Å²) in [5.41, 5.74) is 0.955. The van der Waals surface area contributed by atoms with E-state index in [1.54, 1.807) is 31.4 Å². The first-order valence-electron chi connectivity index (χ1n) is 5.82. The minimum atomic E-state index is -1.16. The highest BCUT2D eigenvalue weighted by Gasteiger charge is 2.15. The number of aromatic carboxylic acids is 1. The highest BCUT2D eigenvalue weighted by Crippen LogP contribution is 2.16. The lowest BCUT2D eigenvalue weighted by Gasteiger charge is -2.05. The maximum absolute atomic E-state index is 11.9. The van der Waals surface area contributed by atoms with E-state index in [2.05, 4.69) is 10.1 Å². The van der Waals surface area contributed by atoms with Gasteiger partial charge in [-0.2, -0.15) is 9.61 Å². The van der Waals surface area contributed by atoms with Gasteiger partial charge in [0, 0.05) is 25.4 Å². The summed E-state index contributed by atoms with van der Waals surface area (Å²) in [5, 5.41) is 13.2. The molecule has 3 heterocycles. The molecule has 0 amide bonds. The Balaban J connectivity index is 2.32. The molecule has 100 valence electrons. The molecule has 0 saturated heterocycles. The summed E-state index contributed by atoms with van der Waals surface area (Å²) in [6.45, 7) is 0. The fourth-order valence-corrected chi connectivity index (χ4v) is 2.02. The molecule has 0 fully saturated rings. The number of pyridine rings is 1. The predicted octanol–water partition coefficient (Wildman–Crippen LogP) is 0.793. The van der Waals surface area contributed by atoms with E-state index in [1.807, 2.05) is 6.07 Å². The van der Waals surface area contributed by atoms with Crippen LogP contribution in [0.4, 0.5) is 0 Å². The van der Waals surface area contributed by atoms with Crippen LogP contribution in [-0.2, 0) is 7.05 Å². The predicted molar refractivity (Wildman–Crippen MR) is 70.6 cm³/mol. The van der Waals surface area contributed by atoms with Gasteiger partial charge in [-0.05, 0) is 12.1 Å². The summed E-state index contributed by atoms with van der Waals surface area (Å²) >= 11 is 0. The van der Waals surface area contributed by atoms with Crippen LogP contribution in [0.5, 0.6) is 0 Å². The van der Waals surface area contributed by atoms with Gasteiger partial charge < -0.3 is 9.67 Å². The van der Waals surface area contributed by atoms with Gasteiger partial charge in [-0.15, -0.1) is 0 Å². The van der Waals surface area contributed by atoms with Crippen molar-refractivity contribution >= 4 is 11.6 Å². The fourth-order valence-electron chi connectivity index (χ4n) is 2.02. The summed E-state index contributed by atoms with van der Waals surface area (Å²) in [7, 11) is 1.57. The van der Waals surface area contributed by atoms with E-state index in [4.69, 9.17) is 5.11 Å². The normalized spacial score (nSPS) is 10.8. The molecule has 0 unspecified atom stereocenters. The van der Waals surface area contributed by atoms with E-state index in [9.17, 15) is 9.59 Å². The van der Waals surface area contributed by atoms with E-state index in [0.717, 1.165) is 10.6 Å². The van der Waals surface area contributed by atoms with Gasteiger partial charge in [0.1, 0.15) is 17.0 Å². The number of carboxylic acid groups (broad SMARTS) is 1. The summed E-state index contributed by atoms with van der Waals surface area (Å²) in [4.78, 5) is 27.2. The summed E-state index contributed by atoms with van der Waals surface area (Å²) in [6, 6.07) is 8.04. The average Bonchev–Trinajstić information content (AvgIpc) is 2.89. The number of fused-ring (bicyclic) bond motifs is 1. The quantitative estimate of drug-likeness (QED) is 0.743. The highest BCUT2D eigenvalue weighted by molar-refractivity contribution is 5.86. The van der Waals surface area contributed by atoms with E-state index in [0.29, 0.717) is 17.0 Å². The Morgan fingerprint density at radius 3 is 2.70 bits per heavy atom. The van der Waals surface area contributed by atoms with Gasteiger partial charge in [0.15, 0.2) is 0 Å². The first-order chi connectivity index (χ1) is 9.58. The number of nitrogens with zero attached hydrogens (tertiary/aromatic N) is 4. The third kappa shape index (κ3) is 1.76. The molecule has 3 aromatic heterocycles. The molecule has 0 aromatic carbocycles. The maximum atomic E-state index is 11.9. The molecule has 7 nitrogen and oxygen atoms in total. The van der Waals surface area contributed by atoms with Gasteiger partial charge in [0.2, 0.25) is 0 Å². The van der Waals surface area contributed by atoms with Gasteiger partial charge in [0.05, 0.1) is 5.69 Å². The maximum Gasteiger partial charge on any atom is 0.352 e. The highest BCUT2D eigenvalue weighted by atomic mass is 16.4. The molecule has 0 saturated carbocycles. The number of aromatic nitrogens is 4. The molecule has 3 rings (SSSR count). The molecule has 0 aliphatic rings. The molecule has 0 spiro atoms. The van der Waals surface area contributed by atoms with Crippen LogP contribution in [0.1, 0.15) is 10.5 Å². The monoisotopic (exact) mass is 270 g/mol. The summed E-state index contributed by atoms with van der Waals surface area (Å²) in [5.74, 6) is -1.16. The van der Waals surface area contributed by atoms with Crippen molar-refractivity contribution in [3.8, 4) is 11.4 Å². The summed E-state index contributed by atoms with van der Waals surface area (Å²) < 4.78 is 2.57. The molecule has 0 bridgehead atoms. The number of rotatable bonds is 2. The number of hydrogen-bond acceptors (Lipinski definition) is 4. The summed E-state index contributed by atoms with van der Waals surface area (Å²) in [6.07, 6.45) is 1.63. The standard InChI is InChI=1S/C13H10N4O3/c1-16-10(13(19)20)7-12(18)17-11(16)6-9(15-17)8-4-2-3-5-14-8/h2-7H,1H3,(H,19,20). The molecule has 0 radical (unpaired) electrons. The Labute approximate surface area is 112 Å². The molecule has 0 aliphatic heterocycles. The smallest absolute Gasteiger partial charge is 0.352 e. The Kier molecular flexibility index (Phi) is 2.60. The Bertz CT molecular complexity index is 864. The van der Waals surface area contributed by atoms with Gasteiger partial charge >= 0.3 is 5.97 Å². The van der Waals surface area contributed by atoms with Crippen LogP contribution in [0.2, 0.25) is 0 Å². The number of carbonyl (C=O) groups is 1. The van der Waals surface area contributed by atoms with E-state index in [-0.39, 0.29) is 5.69 Å². The van der Waals surface area contributed by atoms with Crippen molar-refractivity contribution in [3.63, 3.8) is 0 Å². The van der Waals surface area contributed by atoms with Gasteiger partial charge in [-0.1, -0.05) is 6.07 Å². The minimum absolute atomic E-state index is 0.0880. The minimum Gasteiger partial charge on any atom is -0.477 e. The third-order valence-corrected chi connectivity index (χ3v) is 3.01. The van der Waals surface area contributed by atoms with E-state index in [1.165, 1.54) is 4.57 Å². The van der Waals surface area contributed by atoms with Crippen molar-refractivity contribution in [1.82, 2.24) is 19.2 Å². The van der Waals surface area contributed by atoms with Crippen molar-refractivity contribution in [3.05, 3.63) is 52.6 Å². The van der Waals surface area contributed by atoms with E-state index < -0.39 is 11.5 Å². The topological polar surface area (TPSA) is 89.5 Å². The van der Waals surface area contributed by atoms with Crippen LogP contribution in [0.3, 0.4) is 0 Å². The molecule has 7 heteroatoms. The molecular weight excluding hydrogens is 260 g/mol. The van der Waals surface area contributed by atoms with Crippen molar-refractivity contribution in [2.24, 2.45) is 7.05 Å². The lowest BCUT2D eigenvalue weighted by atomic mass is 10.3. The molecule has 20 heavy (non-hydrogen) atoms. The van der Waals surface area contributed by atoms with Crippen LogP contribution >= 0.6 is 0 Å². The Morgan fingerprint density at radius 2 is 2.05 bits per heavy atom. The Morgan fingerprint density at radius 1 is 1.25 bits per heavy atom. The number of hydrogen-bond donors (Lipinski definition) is 1. The average molecular weight is 270 g/mol. The van der Waals surface area contributed by atoms with Gasteiger partial charge in [-0.3, -0.25) is 9.78 Å². The largest absolute Gasteiger partial charge is 0.477 e. The SMILES string of the molecule is Cn1c(C(=O)O)cc(=O)n2nc(-c3ccccn3)cc12. The van der Waals surface area contributed by atoms with Crippen LogP contribution in [-0.4, -0.2) is 30.2 Å². The van der Waals surface area contributed by atoms with Crippen LogP contribution in [0, 0.1) is 0 Å². The van der Waals surface area contributed by atoms with Crippen molar-refractivity contribution in [2.45, 2.75) is 0 Å². The van der Waals surface area contributed by atoms with Gasteiger partial charge in [-0.25, -0.2) is 4.79 Å². The molecule has 3 aromatic rings. The Hall–Kier alpha value is -2.96. The zero-order valence-corrected chi connectivity index (χ0v) is 10.5. The lowest BCUT2D eigenvalue weighted by molar-refractivity contribution is 0.0685. The van der Waals surface area contributed by atoms with Crippen LogP contribution in [0.25, 0.3) is 17.0 Å². The first kappa shape index (κ1) is 12.1. The zero-order chi connectivity index (χ0) is 14.3. The molecule has 0 atom stereocenters. The third-order valence-electron chi connectivity index (χ3n) is 3.01. The van der Waals surface area contributed by atoms with Crippen molar-refractivity contribution in [2.75, 3.05) is 0 Å². The van der Waals surface area contributed by atoms with Crippen LogP contribution < -0.4 is 5.56 Å². The van der Waals surface area contributed by atoms with E-state index >= 15 is 0 Å². The number of aryl methyl sites for hydroxylation is 1. The van der Waals surface area contributed by atoms with Crippen molar-refractivity contribution < 1.29 is 9.90 Å². The molecule has 1 N–H and O–H groups in total. The van der Waals surface area contributed by atoms with Crippen LogP contribution in [0.15, 0.2) is 41.3 Å². The fraction of sp³-hybridized carbons (Fsp3) is 0.0769. The first-order valence-corrected chi connectivity index (χ1v) is 5.82. The lowest BCUT2D eigenvalue weighted by Crippen LogP contribution is -2.21. The number of carboxylic acids is 1. The molecular formula is C13H10N4O3.